The number of amides is 1. The molecule has 1 aliphatic heterocycles. The molecule has 4 heteroatoms. The van der Waals surface area contributed by atoms with Gasteiger partial charge in [-0.25, -0.2) is 0 Å². The first-order valence-electron chi connectivity index (χ1n) is 10.4. The molecule has 158 valence electrons. The Balaban J connectivity index is 1.72. The molecule has 0 N–H and O–H groups in total. The van der Waals surface area contributed by atoms with Gasteiger partial charge < -0.3 is 0 Å². The summed E-state index contributed by atoms with van der Waals surface area (Å²) in [7, 11) is 0. The second-order valence-electron chi connectivity index (χ2n) is 8.29. The zero-order chi connectivity index (χ0) is 22.0. The number of hydrogen-bond acceptors (Lipinski definition) is 1. The van der Waals surface area contributed by atoms with Gasteiger partial charge in [-0.2, -0.15) is 0 Å². The van der Waals surface area contributed by atoms with Crippen LogP contribution in [-0.4, -0.2) is 25.8 Å². The number of hydrogen-bond donors (Lipinski definition) is 0. The molecule has 1 aliphatic rings. The van der Waals surface area contributed by atoms with Gasteiger partial charge in [0.05, 0.1) is 0 Å². The minimum atomic E-state index is -0.505. The Morgan fingerprint density at radius 1 is 0.935 bits per heavy atom. The van der Waals surface area contributed by atoms with Gasteiger partial charge >= 0.3 is 197 Å². The molecule has 0 radical (unpaired) electrons. The van der Waals surface area contributed by atoms with Crippen LogP contribution in [0.4, 0.5) is 0 Å². The molecule has 0 spiro atoms. The van der Waals surface area contributed by atoms with Gasteiger partial charge in [0.1, 0.15) is 0 Å². The van der Waals surface area contributed by atoms with Crippen LogP contribution in [0.1, 0.15) is 30.5 Å². The fourth-order valence-electron chi connectivity index (χ4n) is 3.99. The number of rotatable bonds is 6. The summed E-state index contributed by atoms with van der Waals surface area (Å²) in [6.45, 7) is 6.85. The molecule has 1 heterocycles. The molecule has 3 aromatic rings. The van der Waals surface area contributed by atoms with Crippen molar-refractivity contribution in [2.45, 2.75) is 32.6 Å². The van der Waals surface area contributed by atoms with Gasteiger partial charge in [0.25, 0.3) is 0 Å². The van der Waals surface area contributed by atoms with Gasteiger partial charge in [0.15, 0.2) is 0 Å². The Morgan fingerprint density at radius 2 is 1.65 bits per heavy atom. The average molecular weight is 495 g/mol. The second kappa shape index (κ2) is 9.04. The van der Waals surface area contributed by atoms with E-state index in [9.17, 15) is 4.79 Å². The van der Waals surface area contributed by atoms with Crippen LogP contribution >= 0.6 is 11.6 Å². The third-order valence-corrected chi connectivity index (χ3v) is 9.02. The van der Waals surface area contributed by atoms with E-state index in [4.69, 9.17) is 11.6 Å². The molecule has 31 heavy (non-hydrogen) atoms. The number of carbonyl (C=O) groups excluding carboxylic acids is 1. The molecule has 1 atom stereocenters. The van der Waals surface area contributed by atoms with Crippen molar-refractivity contribution in [1.82, 2.24) is 4.90 Å². The summed E-state index contributed by atoms with van der Waals surface area (Å²) in [5.41, 5.74) is 5.03. The van der Waals surface area contributed by atoms with E-state index in [2.05, 4.69) is 69.3 Å². The van der Waals surface area contributed by atoms with Crippen LogP contribution in [0.2, 0.25) is 10.3 Å². The Bertz CT molecular complexity index is 1120. The molecule has 0 aromatic heterocycles. The molecule has 0 bridgehead atoms. The molecule has 2 nitrogen and oxygen atoms in total. The SMILES string of the molecule is CC1=C(c2ccc(C)cc2)N(Cc2cccc(Cl)c2)C(=O)C1(C)C[Se]c1ccccc1. The molecule has 3 aromatic carbocycles. The predicted octanol–water partition coefficient (Wildman–Crippen LogP) is 5.88. The van der Waals surface area contributed by atoms with Crippen molar-refractivity contribution in [1.29, 1.82) is 0 Å². The summed E-state index contributed by atoms with van der Waals surface area (Å²) in [5, 5.41) is 1.53. The number of carbonyl (C=O) groups is 1. The topological polar surface area (TPSA) is 20.3 Å². The number of halogens is 1. The zero-order valence-electron chi connectivity index (χ0n) is 18.1. The van der Waals surface area contributed by atoms with Crippen LogP contribution < -0.4 is 4.46 Å². The minimum absolute atomic E-state index is 0.179. The van der Waals surface area contributed by atoms with Crippen LogP contribution in [0.25, 0.3) is 5.70 Å². The van der Waals surface area contributed by atoms with Crippen LogP contribution in [0.5, 0.6) is 0 Å². The van der Waals surface area contributed by atoms with Gasteiger partial charge in [0.2, 0.25) is 0 Å². The molecule has 1 amide bonds. The normalized spacial score (nSPS) is 18.7. The van der Waals surface area contributed by atoms with Gasteiger partial charge in [-0.1, -0.05) is 0 Å². The maximum absolute atomic E-state index is 13.9. The maximum atomic E-state index is 13.9. The zero-order valence-corrected chi connectivity index (χ0v) is 20.5. The molecule has 4 rings (SSSR count). The van der Waals surface area contributed by atoms with Crippen molar-refractivity contribution < 1.29 is 4.79 Å². The quantitative estimate of drug-likeness (QED) is 0.392. The Kier molecular flexibility index (Phi) is 6.39. The van der Waals surface area contributed by atoms with E-state index in [1.165, 1.54) is 10.0 Å². The third kappa shape index (κ3) is 4.50. The number of aryl methyl sites for hydroxylation is 1. The average Bonchev–Trinajstić information content (AvgIpc) is 2.95. The number of benzene rings is 3. The van der Waals surface area contributed by atoms with Gasteiger partial charge in [-0.15, -0.1) is 0 Å². The van der Waals surface area contributed by atoms with E-state index in [0.29, 0.717) is 11.6 Å². The Labute approximate surface area is 196 Å². The molecular weight excluding hydrogens is 469 g/mol. The van der Waals surface area contributed by atoms with E-state index < -0.39 is 5.41 Å². The summed E-state index contributed by atoms with van der Waals surface area (Å²) in [5.74, 6) is 0.179. The summed E-state index contributed by atoms with van der Waals surface area (Å²) in [6, 6.07) is 26.8. The van der Waals surface area contributed by atoms with Gasteiger partial charge in [-0.3, -0.25) is 0 Å². The second-order valence-corrected chi connectivity index (χ2v) is 10.9. The van der Waals surface area contributed by atoms with Crippen molar-refractivity contribution in [2.75, 3.05) is 0 Å². The molecule has 0 saturated heterocycles. The van der Waals surface area contributed by atoms with Crippen molar-refractivity contribution >= 4 is 42.6 Å². The van der Waals surface area contributed by atoms with Gasteiger partial charge in [-0.05, 0) is 0 Å². The first-order chi connectivity index (χ1) is 14.9. The van der Waals surface area contributed by atoms with E-state index in [0.717, 1.165) is 27.7 Å². The van der Waals surface area contributed by atoms with Crippen molar-refractivity contribution in [3.8, 4) is 0 Å². The fourth-order valence-corrected chi connectivity index (χ4v) is 6.61. The molecular formula is C27H26ClNOSe. The van der Waals surface area contributed by atoms with Crippen molar-refractivity contribution in [3.05, 3.63) is 106 Å². The van der Waals surface area contributed by atoms with Crippen molar-refractivity contribution in [3.63, 3.8) is 0 Å². The summed E-state index contributed by atoms with van der Waals surface area (Å²) < 4.78 is 1.32. The van der Waals surface area contributed by atoms with Crippen molar-refractivity contribution in [2.24, 2.45) is 5.41 Å². The Hall–Kier alpha value is -2.32. The van der Waals surface area contributed by atoms with E-state index in [1.807, 2.05) is 35.2 Å². The third-order valence-electron chi connectivity index (χ3n) is 6.00. The molecule has 0 saturated carbocycles. The van der Waals surface area contributed by atoms with E-state index in [-0.39, 0.29) is 20.9 Å². The Morgan fingerprint density at radius 3 is 2.32 bits per heavy atom. The van der Waals surface area contributed by atoms with E-state index >= 15 is 0 Å². The van der Waals surface area contributed by atoms with Crippen LogP contribution in [-0.2, 0) is 11.3 Å². The predicted molar refractivity (Wildman–Crippen MR) is 131 cm³/mol. The van der Waals surface area contributed by atoms with Crippen LogP contribution in [0.3, 0.4) is 0 Å². The van der Waals surface area contributed by atoms with Crippen LogP contribution in [0, 0.1) is 12.3 Å². The summed E-state index contributed by atoms with van der Waals surface area (Å²) >= 11 is 6.45. The monoisotopic (exact) mass is 495 g/mol. The number of nitrogens with zero attached hydrogens (tertiary/aromatic N) is 1. The van der Waals surface area contributed by atoms with Crippen LogP contribution in [0.15, 0.2) is 84.4 Å². The summed E-state index contributed by atoms with van der Waals surface area (Å²) in [6.07, 6.45) is 0. The fraction of sp³-hybridized carbons (Fsp3) is 0.222. The standard InChI is InChI=1S/C27H26ClNOSe/c1-19-12-14-22(15-13-19)25-20(2)27(3,18-31-24-10-5-4-6-11-24)26(30)29(25)17-21-8-7-9-23(28)16-21/h4-16H,17-18H2,1-3H3. The van der Waals surface area contributed by atoms with Gasteiger partial charge in [0, 0.05) is 0 Å². The van der Waals surface area contributed by atoms with E-state index in [1.54, 1.807) is 0 Å². The first-order valence-corrected chi connectivity index (χ1v) is 12.9. The summed E-state index contributed by atoms with van der Waals surface area (Å²) in [4.78, 5) is 15.8. The first kappa shape index (κ1) is 21.9. The molecule has 1 unspecified atom stereocenters. The molecule has 0 aliphatic carbocycles. The molecule has 0 fully saturated rings.